The average molecular weight is 375 g/mol. The first-order valence-electron chi connectivity index (χ1n) is 7.29. The molecule has 25 heavy (non-hydrogen) atoms. The predicted molar refractivity (Wildman–Crippen MR) is 102 cm³/mol. The molecule has 7 heteroatoms. The quantitative estimate of drug-likeness (QED) is 0.590. The number of carbonyl (C=O) groups is 1. The zero-order chi connectivity index (χ0) is 18.0. The molecular formula is C18H14FNO3S2. The second-order valence-electron chi connectivity index (χ2n) is 5.08. The molecule has 0 unspecified atom stereocenters. The molecule has 0 bridgehead atoms. The number of hydrogen-bond acceptors (Lipinski definition) is 5. The van der Waals surface area contributed by atoms with E-state index >= 15 is 0 Å². The number of ether oxygens (including phenoxy) is 2. The highest BCUT2D eigenvalue weighted by Gasteiger charge is 2.35. The number of thioether (sulfide) groups is 1. The molecule has 0 radical (unpaired) electrons. The Bertz CT molecular complexity index is 882. The van der Waals surface area contributed by atoms with Gasteiger partial charge in [-0.2, -0.15) is 0 Å². The van der Waals surface area contributed by atoms with Crippen molar-refractivity contribution in [1.29, 1.82) is 0 Å². The largest absolute Gasteiger partial charge is 0.497 e. The van der Waals surface area contributed by atoms with Crippen LogP contribution in [0.3, 0.4) is 0 Å². The Balaban J connectivity index is 1.99. The van der Waals surface area contributed by atoms with Gasteiger partial charge < -0.3 is 9.47 Å². The summed E-state index contributed by atoms with van der Waals surface area (Å²) in [5.41, 5.74) is 0.854. The number of amides is 1. The highest BCUT2D eigenvalue weighted by Crippen LogP contribution is 2.41. The van der Waals surface area contributed by atoms with Gasteiger partial charge >= 0.3 is 0 Å². The molecule has 2 aromatic carbocycles. The van der Waals surface area contributed by atoms with Crippen LogP contribution in [0.15, 0.2) is 47.4 Å². The standard InChI is InChI=1S/C18H14FNO3S2/c1-22-12-7-8-14(15(10-12)23-2)20-17(21)16(25-18(20)24)9-11-5-3-4-6-13(11)19/h3-10H,1-2H3/b16-9-. The fourth-order valence-corrected chi connectivity index (χ4v) is 3.65. The zero-order valence-electron chi connectivity index (χ0n) is 13.5. The van der Waals surface area contributed by atoms with Gasteiger partial charge in [0, 0.05) is 11.6 Å². The van der Waals surface area contributed by atoms with Crippen LogP contribution in [-0.2, 0) is 4.79 Å². The topological polar surface area (TPSA) is 38.8 Å². The number of rotatable bonds is 4. The number of hydrogen-bond donors (Lipinski definition) is 0. The second-order valence-corrected chi connectivity index (χ2v) is 6.75. The van der Waals surface area contributed by atoms with E-state index < -0.39 is 5.82 Å². The molecule has 1 saturated heterocycles. The molecule has 1 aliphatic rings. The molecule has 1 heterocycles. The first-order valence-corrected chi connectivity index (χ1v) is 8.52. The van der Waals surface area contributed by atoms with Gasteiger partial charge in [-0.25, -0.2) is 4.39 Å². The lowest BCUT2D eigenvalue weighted by atomic mass is 10.2. The number of benzene rings is 2. The summed E-state index contributed by atoms with van der Waals surface area (Å²) in [4.78, 5) is 14.5. The van der Waals surface area contributed by atoms with Crippen molar-refractivity contribution >= 4 is 46.0 Å². The van der Waals surface area contributed by atoms with Crippen molar-refractivity contribution in [3.63, 3.8) is 0 Å². The molecule has 0 spiro atoms. The molecule has 3 rings (SSSR count). The van der Waals surface area contributed by atoms with Crippen molar-refractivity contribution in [1.82, 2.24) is 0 Å². The maximum Gasteiger partial charge on any atom is 0.270 e. The molecule has 0 aliphatic carbocycles. The summed E-state index contributed by atoms with van der Waals surface area (Å²) in [6.45, 7) is 0. The normalized spacial score (nSPS) is 15.8. The van der Waals surface area contributed by atoms with Crippen molar-refractivity contribution < 1.29 is 18.7 Å². The Labute approximate surface area is 154 Å². The number of thiocarbonyl (C=S) groups is 1. The predicted octanol–water partition coefficient (Wildman–Crippen LogP) is 4.25. The van der Waals surface area contributed by atoms with Gasteiger partial charge in [-0.05, 0) is 24.3 Å². The molecule has 128 valence electrons. The minimum Gasteiger partial charge on any atom is -0.497 e. The van der Waals surface area contributed by atoms with E-state index in [1.54, 1.807) is 43.5 Å². The van der Waals surface area contributed by atoms with Crippen molar-refractivity contribution in [3.05, 3.63) is 58.8 Å². The molecule has 0 saturated carbocycles. The zero-order valence-corrected chi connectivity index (χ0v) is 15.1. The van der Waals surface area contributed by atoms with Crippen molar-refractivity contribution in [3.8, 4) is 11.5 Å². The van der Waals surface area contributed by atoms with E-state index in [1.165, 1.54) is 24.2 Å². The number of nitrogens with zero attached hydrogens (tertiary/aromatic N) is 1. The summed E-state index contributed by atoms with van der Waals surface area (Å²) in [5.74, 6) is 0.354. The monoisotopic (exact) mass is 375 g/mol. The minimum absolute atomic E-state index is 0.318. The van der Waals surface area contributed by atoms with Crippen LogP contribution in [0.4, 0.5) is 10.1 Å². The van der Waals surface area contributed by atoms with Crippen LogP contribution < -0.4 is 14.4 Å². The second kappa shape index (κ2) is 7.25. The Kier molecular flexibility index (Phi) is 5.06. The van der Waals surface area contributed by atoms with Gasteiger partial charge in [-0.15, -0.1) is 0 Å². The number of halogens is 1. The van der Waals surface area contributed by atoms with E-state index in [1.807, 2.05) is 0 Å². The molecule has 1 fully saturated rings. The summed E-state index contributed by atoms with van der Waals surface area (Å²) >= 11 is 6.47. The lowest BCUT2D eigenvalue weighted by Crippen LogP contribution is -2.27. The molecular weight excluding hydrogens is 361 g/mol. The number of methoxy groups -OCH3 is 2. The molecule has 0 N–H and O–H groups in total. The molecule has 2 aromatic rings. The first-order chi connectivity index (χ1) is 12.0. The van der Waals surface area contributed by atoms with Gasteiger partial charge in [0.1, 0.15) is 17.3 Å². The minimum atomic E-state index is -0.394. The van der Waals surface area contributed by atoms with Crippen LogP contribution in [-0.4, -0.2) is 24.4 Å². The molecule has 1 amide bonds. The van der Waals surface area contributed by atoms with Crippen LogP contribution >= 0.6 is 24.0 Å². The highest BCUT2D eigenvalue weighted by atomic mass is 32.2. The molecule has 4 nitrogen and oxygen atoms in total. The van der Waals surface area contributed by atoms with Gasteiger partial charge in [-0.3, -0.25) is 9.69 Å². The molecule has 0 atom stereocenters. The summed E-state index contributed by atoms with van der Waals surface area (Å²) < 4.78 is 24.7. The van der Waals surface area contributed by atoms with Crippen LogP contribution in [0.25, 0.3) is 6.08 Å². The molecule has 0 aromatic heterocycles. The third-order valence-electron chi connectivity index (χ3n) is 3.61. The summed E-state index contributed by atoms with van der Waals surface area (Å²) in [7, 11) is 3.05. The van der Waals surface area contributed by atoms with Crippen LogP contribution in [0, 0.1) is 5.82 Å². The fourth-order valence-electron chi connectivity index (χ4n) is 2.38. The molecule has 1 aliphatic heterocycles. The average Bonchev–Trinajstić information content (AvgIpc) is 2.90. The van der Waals surface area contributed by atoms with Crippen molar-refractivity contribution in [2.75, 3.05) is 19.1 Å². The van der Waals surface area contributed by atoms with Crippen LogP contribution in [0.5, 0.6) is 11.5 Å². The number of anilines is 1. The van der Waals surface area contributed by atoms with E-state index in [0.717, 1.165) is 11.8 Å². The first kappa shape index (κ1) is 17.4. The maximum absolute atomic E-state index is 13.8. The third kappa shape index (κ3) is 3.38. The summed E-state index contributed by atoms with van der Waals surface area (Å²) in [6, 6.07) is 11.4. The van der Waals surface area contributed by atoms with Crippen LogP contribution in [0.1, 0.15) is 5.56 Å². The summed E-state index contributed by atoms with van der Waals surface area (Å²) in [6.07, 6.45) is 1.50. The van der Waals surface area contributed by atoms with Crippen molar-refractivity contribution in [2.24, 2.45) is 0 Å². The van der Waals surface area contributed by atoms with Crippen LogP contribution in [0.2, 0.25) is 0 Å². The van der Waals surface area contributed by atoms with Gasteiger partial charge in [0.25, 0.3) is 5.91 Å². The lowest BCUT2D eigenvalue weighted by molar-refractivity contribution is -0.113. The van der Waals surface area contributed by atoms with Gasteiger partial charge in [-0.1, -0.05) is 42.2 Å². The lowest BCUT2D eigenvalue weighted by Gasteiger charge is -2.18. The number of carbonyl (C=O) groups excluding carboxylic acids is 1. The smallest absolute Gasteiger partial charge is 0.270 e. The Morgan fingerprint density at radius 3 is 2.60 bits per heavy atom. The van der Waals surface area contributed by atoms with Crippen molar-refractivity contribution in [2.45, 2.75) is 0 Å². The Morgan fingerprint density at radius 2 is 1.92 bits per heavy atom. The fraction of sp³-hybridized carbons (Fsp3) is 0.111. The van der Waals surface area contributed by atoms with E-state index in [-0.39, 0.29) is 5.91 Å². The van der Waals surface area contributed by atoms with Gasteiger partial charge in [0.15, 0.2) is 4.32 Å². The maximum atomic E-state index is 13.8. The van der Waals surface area contributed by atoms with E-state index in [0.29, 0.717) is 32.0 Å². The van der Waals surface area contributed by atoms with Gasteiger partial charge in [0.2, 0.25) is 0 Å². The van der Waals surface area contributed by atoms with Gasteiger partial charge in [0.05, 0.1) is 24.8 Å². The third-order valence-corrected chi connectivity index (χ3v) is 4.92. The summed E-state index contributed by atoms with van der Waals surface area (Å²) in [5, 5.41) is 0. The SMILES string of the molecule is COc1ccc(N2C(=O)/C(=C/c3ccccc3F)SC2=S)c(OC)c1. The Hall–Kier alpha value is -2.38. The van der Waals surface area contributed by atoms with E-state index in [2.05, 4.69) is 0 Å². The van der Waals surface area contributed by atoms with E-state index in [4.69, 9.17) is 21.7 Å². The highest BCUT2D eigenvalue weighted by molar-refractivity contribution is 8.27. The Morgan fingerprint density at radius 1 is 1.16 bits per heavy atom. The van der Waals surface area contributed by atoms with E-state index in [9.17, 15) is 9.18 Å².